The molecule has 0 spiro atoms. The predicted molar refractivity (Wildman–Crippen MR) is 78.9 cm³/mol. The van der Waals surface area contributed by atoms with Crippen LogP contribution in [0.3, 0.4) is 0 Å². The lowest BCUT2D eigenvalue weighted by Gasteiger charge is -2.23. The Morgan fingerprint density at radius 1 is 1.29 bits per heavy atom. The Morgan fingerprint density at radius 3 is 2.65 bits per heavy atom. The van der Waals surface area contributed by atoms with Crippen LogP contribution in [0.5, 0.6) is 0 Å². The summed E-state index contributed by atoms with van der Waals surface area (Å²) in [5.41, 5.74) is 8.49. The molecule has 0 aromatic heterocycles. The molecular formula is C14H24N2S. The van der Waals surface area contributed by atoms with Gasteiger partial charge in [-0.1, -0.05) is 26.3 Å². The van der Waals surface area contributed by atoms with E-state index in [1.54, 1.807) is 0 Å². The smallest absolute Gasteiger partial charge is 0.0420 e. The van der Waals surface area contributed by atoms with Crippen LogP contribution in [-0.4, -0.2) is 19.3 Å². The fraction of sp³-hybridized carbons (Fsp3) is 0.571. The lowest BCUT2D eigenvalue weighted by Crippen LogP contribution is -2.21. The average molecular weight is 252 g/mol. The van der Waals surface area contributed by atoms with Crippen molar-refractivity contribution in [2.45, 2.75) is 38.1 Å². The molecule has 1 rings (SSSR count). The van der Waals surface area contributed by atoms with E-state index in [0.29, 0.717) is 6.54 Å². The molecule has 96 valence electrons. The van der Waals surface area contributed by atoms with E-state index in [4.69, 9.17) is 5.73 Å². The molecular weight excluding hydrogens is 228 g/mol. The summed E-state index contributed by atoms with van der Waals surface area (Å²) < 4.78 is 0. The number of anilines is 1. The van der Waals surface area contributed by atoms with Crippen molar-refractivity contribution >= 4 is 17.4 Å². The third kappa shape index (κ3) is 3.93. The van der Waals surface area contributed by atoms with Gasteiger partial charge in [0, 0.05) is 36.3 Å². The summed E-state index contributed by atoms with van der Waals surface area (Å²) in [5.74, 6) is 1.09. The Balaban J connectivity index is 2.93. The molecule has 1 aromatic rings. The molecule has 0 saturated heterocycles. The summed E-state index contributed by atoms with van der Waals surface area (Å²) in [4.78, 5) is 3.65. The lowest BCUT2D eigenvalue weighted by atomic mass is 10.1. The fourth-order valence-electron chi connectivity index (χ4n) is 1.92. The predicted octanol–water partition coefficient (Wildman–Crippen LogP) is 3.49. The van der Waals surface area contributed by atoms with Gasteiger partial charge in [-0.15, -0.1) is 11.8 Å². The highest BCUT2D eigenvalue weighted by Gasteiger charge is 2.10. The van der Waals surface area contributed by atoms with E-state index in [1.807, 2.05) is 11.8 Å². The van der Waals surface area contributed by atoms with Gasteiger partial charge in [0.25, 0.3) is 0 Å². The van der Waals surface area contributed by atoms with E-state index in [1.165, 1.54) is 29.0 Å². The van der Waals surface area contributed by atoms with Crippen molar-refractivity contribution in [1.29, 1.82) is 0 Å². The van der Waals surface area contributed by atoms with E-state index < -0.39 is 0 Å². The van der Waals surface area contributed by atoms with Crippen LogP contribution >= 0.6 is 11.8 Å². The van der Waals surface area contributed by atoms with Crippen LogP contribution in [0.1, 0.15) is 32.3 Å². The topological polar surface area (TPSA) is 29.3 Å². The van der Waals surface area contributed by atoms with Crippen molar-refractivity contribution in [2.75, 3.05) is 24.2 Å². The summed E-state index contributed by atoms with van der Waals surface area (Å²) in [6.07, 6.45) is 2.46. The third-order valence-corrected chi connectivity index (χ3v) is 3.85. The number of rotatable bonds is 7. The van der Waals surface area contributed by atoms with Gasteiger partial charge in [0.1, 0.15) is 0 Å². The molecule has 17 heavy (non-hydrogen) atoms. The van der Waals surface area contributed by atoms with Gasteiger partial charge in [0.05, 0.1) is 0 Å². The SMILES string of the molecule is CCCCN(C)c1cccc(SCC)c1CN. The number of hydrogen-bond donors (Lipinski definition) is 1. The van der Waals surface area contributed by atoms with Crippen molar-refractivity contribution < 1.29 is 0 Å². The molecule has 0 amide bonds. The lowest BCUT2D eigenvalue weighted by molar-refractivity contribution is 0.761. The number of hydrogen-bond acceptors (Lipinski definition) is 3. The number of nitrogens with two attached hydrogens (primary N) is 1. The van der Waals surface area contributed by atoms with E-state index in [2.05, 4.69) is 44.0 Å². The van der Waals surface area contributed by atoms with Crippen molar-refractivity contribution in [3.8, 4) is 0 Å². The maximum absolute atomic E-state index is 5.91. The number of thioether (sulfide) groups is 1. The zero-order chi connectivity index (χ0) is 12.7. The van der Waals surface area contributed by atoms with Gasteiger partial charge in [0.15, 0.2) is 0 Å². The molecule has 0 radical (unpaired) electrons. The van der Waals surface area contributed by atoms with E-state index >= 15 is 0 Å². The number of nitrogens with zero attached hydrogens (tertiary/aromatic N) is 1. The van der Waals surface area contributed by atoms with Crippen LogP contribution in [0.2, 0.25) is 0 Å². The highest BCUT2D eigenvalue weighted by molar-refractivity contribution is 7.99. The second-order valence-electron chi connectivity index (χ2n) is 4.17. The summed E-state index contributed by atoms with van der Waals surface area (Å²) in [6, 6.07) is 6.49. The van der Waals surface area contributed by atoms with Gasteiger partial charge in [-0.2, -0.15) is 0 Å². The first-order valence-corrected chi connectivity index (χ1v) is 7.39. The second kappa shape index (κ2) is 7.62. The molecule has 3 heteroatoms. The largest absolute Gasteiger partial charge is 0.374 e. The zero-order valence-electron chi connectivity index (χ0n) is 11.2. The molecule has 1 aromatic carbocycles. The van der Waals surface area contributed by atoms with Gasteiger partial charge in [-0.05, 0) is 24.3 Å². The summed E-state index contributed by atoms with van der Waals surface area (Å²) in [7, 11) is 2.16. The molecule has 0 heterocycles. The van der Waals surface area contributed by atoms with Crippen LogP contribution in [0.4, 0.5) is 5.69 Å². The molecule has 2 N–H and O–H groups in total. The van der Waals surface area contributed by atoms with Gasteiger partial charge in [0.2, 0.25) is 0 Å². The molecule has 0 unspecified atom stereocenters. The first-order chi connectivity index (χ1) is 8.24. The summed E-state index contributed by atoms with van der Waals surface area (Å²) in [5, 5.41) is 0. The van der Waals surface area contributed by atoms with E-state index in [9.17, 15) is 0 Å². The van der Waals surface area contributed by atoms with Gasteiger partial charge < -0.3 is 10.6 Å². The van der Waals surface area contributed by atoms with Gasteiger partial charge >= 0.3 is 0 Å². The molecule has 0 fully saturated rings. The Hall–Kier alpha value is -0.670. The molecule has 0 aliphatic carbocycles. The van der Waals surface area contributed by atoms with Crippen molar-refractivity contribution in [3.05, 3.63) is 23.8 Å². The molecule has 0 saturated carbocycles. The Morgan fingerprint density at radius 2 is 2.06 bits per heavy atom. The van der Waals surface area contributed by atoms with Crippen LogP contribution in [0.15, 0.2) is 23.1 Å². The van der Waals surface area contributed by atoms with Crippen molar-refractivity contribution in [3.63, 3.8) is 0 Å². The molecule has 0 aliphatic heterocycles. The maximum Gasteiger partial charge on any atom is 0.0420 e. The normalized spacial score (nSPS) is 10.6. The summed E-state index contributed by atoms with van der Waals surface area (Å²) >= 11 is 1.88. The van der Waals surface area contributed by atoms with Gasteiger partial charge in [-0.25, -0.2) is 0 Å². The third-order valence-electron chi connectivity index (χ3n) is 2.87. The van der Waals surface area contributed by atoms with Gasteiger partial charge in [-0.3, -0.25) is 0 Å². The molecule has 2 nitrogen and oxygen atoms in total. The van der Waals surface area contributed by atoms with Crippen molar-refractivity contribution in [2.24, 2.45) is 5.73 Å². The quantitative estimate of drug-likeness (QED) is 0.753. The first-order valence-electron chi connectivity index (χ1n) is 6.40. The second-order valence-corrected chi connectivity index (χ2v) is 5.47. The Labute approximate surface area is 110 Å². The molecule has 0 aliphatic rings. The van der Waals surface area contributed by atoms with Crippen molar-refractivity contribution in [1.82, 2.24) is 0 Å². The van der Waals surface area contributed by atoms with Crippen LogP contribution in [-0.2, 0) is 6.54 Å². The Kier molecular flexibility index (Phi) is 6.45. The Bertz CT molecular complexity index is 339. The minimum atomic E-state index is 0.620. The molecule has 0 atom stereocenters. The number of unbranched alkanes of at least 4 members (excludes halogenated alkanes) is 1. The van der Waals surface area contributed by atoms with E-state index in [-0.39, 0.29) is 0 Å². The maximum atomic E-state index is 5.91. The zero-order valence-corrected chi connectivity index (χ0v) is 12.0. The minimum Gasteiger partial charge on any atom is -0.374 e. The van der Waals surface area contributed by atoms with Crippen LogP contribution < -0.4 is 10.6 Å². The minimum absolute atomic E-state index is 0.620. The number of benzene rings is 1. The highest BCUT2D eigenvalue weighted by atomic mass is 32.2. The average Bonchev–Trinajstić information content (AvgIpc) is 2.36. The highest BCUT2D eigenvalue weighted by Crippen LogP contribution is 2.30. The van der Waals surface area contributed by atoms with E-state index in [0.717, 1.165) is 12.3 Å². The standard InChI is InChI=1S/C14H24N2S/c1-4-6-10-16(3)13-8-7-9-14(17-5-2)12(13)11-15/h7-9H,4-6,10-11,15H2,1-3H3. The summed E-state index contributed by atoms with van der Waals surface area (Å²) in [6.45, 7) is 6.12. The first kappa shape index (κ1) is 14.4. The van der Waals surface area contributed by atoms with Crippen LogP contribution in [0, 0.1) is 0 Å². The monoisotopic (exact) mass is 252 g/mol. The van der Waals surface area contributed by atoms with Crippen LogP contribution in [0.25, 0.3) is 0 Å². The molecule has 0 bridgehead atoms. The fourth-order valence-corrected chi connectivity index (χ4v) is 2.77.